The minimum absolute atomic E-state index is 0.0230. The third-order valence-corrected chi connectivity index (χ3v) is 3.73. The van der Waals surface area contributed by atoms with E-state index in [1.807, 2.05) is 0 Å². The van der Waals surface area contributed by atoms with Gasteiger partial charge in [-0.1, -0.05) is 6.07 Å². The normalized spacial score (nSPS) is 25.4. The molecule has 0 amide bonds. The highest BCUT2D eigenvalue weighted by Crippen LogP contribution is 2.34. The number of para-hydroxylation sites is 1. The summed E-state index contributed by atoms with van der Waals surface area (Å²) in [5.41, 5.74) is -0.203. The van der Waals surface area contributed by atoms with E-state index in [2.05, 4.69) is 10.6 Å². The van der Waals surface area contributed by atoms with Gasteiger partial charge in [-0.05, 0) is 19.1 Å². The number of benzene rings is 1. The minimum Gasteiger partial charge on any atom is -0.385 e. The predicted molar refractivity (Wildman–Crippen MR) is 76.1 cm³/mol. The first-order valence-corrected chi connectivity index (χ1v) is 6.51. The summed E-state index contributed by atoms with van der Waals surface area (Å²) in [5, 5.41) is 27.3. The van der Waals surface area contributed by atoms with E-state index in [0.717, 1.165) is 0 Å². The summed E-state index contributed by atoms with van der Waals surface area (Å²) in [6, 6.07) is 4.99. The second-order valence-electron chi connectivity index (χ2n) is 4.93. The first kappa shape index (κ1) is 14.5. The molecule has 0 saturated carbocycles. The zero-order valence-electron chi connectivity index (χ0n) is 11.5. The summed E-state index contributed by atoms with van der Waals surface area (Å²) < 4.78 is 5.34. The van der Waals surface area contributed by atoms with Gasteiger partial charge >= 0.3 is 5.69 Å². The molecule has 3 N–H and O–H groups in total. The van der Waals surface area contributed by atoms with E-state index in [-0.39, 0.29) is 18.3 Å². The Labute approximate surface area is 117 Å². The van der Waals surface area contributed by atoms with Gasteiger partial charge in [-0.15, -0.1) is 0 Å². The Bertz CT molecular complexity index is 508. The third kappa shape index (κ3) is 2.68. The summed E-state index contributed by atoms with van der Waals surface area (Å²) in [7, 11) is 1.63. The van der Waals surface area contributed by atoms with E-state index in [1.54, 1.807) is 32.2 Å². The molecule has 0 bridgehead atoms. The number of anilines is 2. The van der Waals surface area contributed by atoms with Gasteiger partial charge in [0.2, 0.25) is 0 Å². The largest absolute Gasteiger partial charge is 0.385 e. The zero-order chi connectivity index (χ0) is 14.8. The molecule has 2 rings (SSSR count). The van der Waals surface area contributed by atoms with Crippen molar-refractivity contribution in [2.24, 2.45) is 0 Å². The maximum Gasteiger partial charge on any atom is 0.315 e. The smallest absolute Gasteiger partial charge is 0.315 e. The standard InChI is InChI=1S/C13H19N3O4/c1-9-13(17,6-7-20-9)8-15-11-5-3-4-10(14-2)12(11)16(18)19/h3-5,9,14-15,17H,6-8H2,1-2H3. The Hall–Kier alpha value is -1.86. The predicted octanol–water partition coefficient (Wildman–Crippen LogP) is 1.59. The molecule has 1 saturated heterocycles. The van der Waals surface area contributed by atoms with Crippen molar-refractivity contribution in [1.82, 2.24) is 0 Å². The molecule has 110 valence electrons. The molecule has 1 fully saturated rings. The number of nitro benzene ring substituents is 1. The van der Waals surface area contributed by atoms with Crippen molar-refractivity contribution < 1.29 is 14.8 Å². The van der Waals surface area contributed by atoms with Crippen LogP contribution in [0.15, 0.2) is 18.2 Å². The van der Waals surface area contributed by atoms with Crippen molar-refractivity contribution in [2.45, 2.75) is 25.0 Å². The van der Waals surface area contributed by atoms with Crippen LogP contribution >= 0.6 is 0 Å². The summed E-state index contributed by atoms with van der Waals surface area (Å²) in [5.74, 6) is 0. The molecular formula is C13H19N3O4. The van der Waals surface area contributed by atoms with Gasteiger partial charge in [0.1, 0.15) is 17.0 Å². The van der Waals surface area contributed by atoms with E-state index in [9.17, 15) is 15.2 Å². The highest BCUT2D eigenvalue weighted by atomic mass is 16.6. The molecule has 1 aromatic rings. The van der Waals surface area contributed by atoms with E-state index in [4.69, 9.17) is 4.74 Å². The van der Waals surface area contributed by atoms with Crippen molar-refractivity contribution in [3.05, 3.63) is 28.3 Å². The van der Waals surface area contributed by atoms with E-state index < -0.39 is 10.5 Å². The van der Waals surface area contributed by atoms with Gasteiger partial charge in [0, 0.05) is 26.6 Å². The Morgan fingerprint density at radius 2 is 2.25 bits per heavy atom. The van der Waals surface area contributed by atoms with E-state index >= 15 is 0 Å². The third-order valence-electron chi connectivity index (χ3n) is 3.73. The SMILES string of the molecule is CNc1cccc(NCC2(O)CCOC2C)c1[N+](=O)[O-]. The number of nitrogens with zero attached hydrogens (tertiary/aromatic N) is 1. The lowest BCUT2D eigenvalue weighted by molar-refractivity contribution is -0.383. The van der Waals surface area contributed by atoms with Crippen LogP contribution in [-0.2, 0) is 4.74 Å². The van der Waals surface area contributed by atoms with Crippen molar-refractivity contribution in [1.29, 1.82) is 0 Å². The van der Waals surface area contributed by atoms with Crippen molar-refractivity contribution in [3.8, 4) is 0 Å². The van der Waals surface area contributed by atoms with Crippen LogP contribution in [0.25, 0.3) is 0 Å². The highest BCUT2D eigenvalue weighted by Gasteiger charge is 2.39. The molecule has 1 aromatic carbocycles. The molecule has 20 heavy (non-hydrogen) atoms. The molecular weight excluding hydrogens is 262 g/mol. The van der Waals surface area contributed by atoms with Gasteiger partial charge in [-0.2, -0.15) is 0 Å². The van der Waals surface area contributed by atoms with Gasteiger partial charge in [0.15, 0.2) is 0 Å². The monoisotopic (exact) mass is 281 g/mol. The lowest BCUT2D eigenvalue weighted by Crippen LogP contribution is -2.43. The molecule has 2 unspecified atom stereocenters. The topological polar surface area (TPSA) is 96.7 Å². The average Bonchev–Trinajstić information content (AvgIpc) is 2.76. The van der Waals surface area contributed by atoms with Gasteiger partial charge < -0.3 is 20.5 Å². The quantitative estimate of drug-likeness (QED) is 0.560. The fraction of sp³-hybridized carbons (Fsp3) is 0.538. The number of hydrogen-bond donors (Lipinski definition) is 3. The number of rotatable bonds is 5. The second kappa shape index (κ2) is 5.64. The molecule has 0 aliphatic carbocycles. The van der Waals surface area contributed by atoms with Crippen LogP contribution in [0.2, 0.25) is 0 Å². The van der Waals surface area contributed by atoms with E-state index in [1.165, 1.54) is 0 Å². The fourth-order valence-corrected chi connectivity index (χ4v) is 2.34. The summed E-state index contributed by atoms with van der Waals surface area (Å²) in [4.78, 5) is 10.7. The van der Waals surface area contributed by atoms with Gasteiger partial charge in [-0.3, -0.25) is 10.1 Å². The maximum absolute atomic E-state index is 11.2. The van der Waals surface area contributed by atoms with Crippen molar-refractivity contribution in [3.63, 3.8) is 0 Å². The first-order chi connectivity index (χ1) is 9.48. The number of aliphatic hydroxyl groups is 1. The van der Waals surface area contributed by atoms with Gasteiger partial charge in [-0.25, -0.2) is 0 Å². The summed E-state index contributed by atoms with van der Waals surface area (Å²) in [6.07, 6.45) is 0.224. The molecule has 7 heteroatoms. The number of nitrogens with one attached hydrogen (secondary N) is 2. The Morgan fingerprint density at radius 1 is 1.55 bits per heavy atom. The second-order valence-corrected chi connectivity index (χ2v) is 4.93. The number of nitro groups is 1. The average molecular weight is 281 g/mol. The molecule has 0 radical (unpaired) electrons. The van der Waals surface area contributed by atoms with Crippen LogP contribution in [-0.4, -0.2) is 41.9 Å². The summed E-state index contributed by atoms with van der Waals surface area (Å²) >= 11 is 0. The molecule has 7 nitrogen and oxygen atoms in total. The maximum atomic E-state index is 11.2. The van der Waals surface area contributed by atoms with Crippen LogP contribution in [0, 0.1) is 10.1 Å². The first-order valence-electron chi connectivity index (χ1n) is 6.51. The lowest BCUT2D eigenvalue weighted by atomic mass is 9.96. The molecule has 0 aromatic heterocycles. The Kier molecular flexibility index (Phi) is 4.10. The Balaban J connectivity index is 2.19. The van der Waals surface area contributed by atoms with Crippen molar-refractivity contribution in [2.75, 3.05) is 30.8 Å². The van der Waals surface area contributed by atoms with Crippen LogP contribution in [0.1, 0.15) is 13.3 Å². The molecule has 0 spiro atoms. The number of ether oxygens (including phenoxy) is 1. The minimum atomic E-state index is -0.997. The van der Waals surface area contributed by atoms with Crippen LogP contribution in [0.4, 0.5) is 17.1 Å². The lowest BCUT2D eigenvalue weighted by Gasteiger charge is -2.26. The van der Waals surface area contributed by atoms with Crippen LogP contribution in [0.5, 0.6) is 0 Å². The highest BCUT2D eigenvalue weighted by molar-refractivity contribution is 5.76. The molecule has 1 heterocycles. The van der Waals surface area contributed by atoms with E-state index in [0.29, 0.717) is 24.4 Å². The van der Waals surface area contributed by atoms with Gasteiger partial charge in [0.05, 0.1) is 11.0 Å². The summed E-state index contributed by atoms with van der Waals surface area (Å²) in [6.45, 7) is 2.51. The molecule has 2 atom stereocenters. The Morgan fingerprint density at radius 3 is 2.80 bits per heavy atom. The van der Waals surface area contributed by atoms with Crippen molar-refractivity contribution >= 4 is 17.1 Å². The van der Waals surface area contributed by atoms with Gasteiger partial charge in [0.25, 0.3) is 0 Å². The van der Waals surface area contributed by atoms with Crippen LogP contribution in [0.3, 0.4) is 0 Å². The zero-order valence-corrected chi connectivity index (χ0v) is 11.5. The number of hydrogen-bond acceptors (Lipinski definition) is 6. The molecule has 1 aliphatic rings. The molecule has 1 aliphatic heterocycles. The van der Waals surface area contributed by atoms with Crippen LogP contribution < -0.4 is 10.6 Å². The fourth-order valence-electron chi connectivity index (χ4n) is 2.34.